The maximum atomic E-state index is 11.4. The number of carbonyl (C=O) groups excluding carboxylic acids is 1. The lowest BCUT2D eigenvalue weighted by Gasteiger charge is -2.10. The molecule has 2 aliphatic rings. The molecule has 2 heterocycles. The summed E-state index contributed by atoms with van der Waals surface area (Å²) in [6.45, 7) is 2.72. The number of carboxylic acid groups (broad SMARTS) is 1. The minimum Gasteiger partial charge on any atom is -0.481 e. The molecule has 6 nitrogen and oxygen atoms in total. The second-order valence-corrected chi connectivity index (χ2v) is 4.49. The van der Waals surface area contributed by atoms with Gasteiger partial charge in [-0.3, -0.25) is 9.59 Å². The minimum absolute atomic E-state index is 0.00835. The molecule has 2 fully saturated rings. The lowest BCUT2D eigenvalue weighted by Crippen LogP contribution is -2.22. The SMILES string of the molecule is CC1OC1CC(CC(=O)OCC1CO1)C(=O)O. The van der Waals surface area contributed by atoms with E-state index in [0.717, 1.165) is 0 Å². The first-order valence-corrected chi connectivity index (χ1v) is 5.71. The summed E-state index contributed by atoms with van der Waals surface area (Å²) in [4.78, 5) is 22.4. The standard InChI is InChI=1S/C11H16O6/c1-6-9(17-6)2-7(11(13)14)3-10(12)16-5-8-4-15-8/h6-9H,2-5H2,1H3,(H,13,14). The summed E-state index contributed by atoms with van der Waals surface area (Å²) >= 11 is 0. The van der Waals surface area contributed by atoms with Crippen LogP contribution in [0.1, 0.15) is 19.8 Å². The zero-order chi connectivity index (χ0) is 12.4. The van der Waals surface area contributed by atoms with Crippen molar-refractivity contribution in [3.63, 3.8) is 0 Å². The predicted octanol–water partition coefficient (Wildman–Crippen LogP) is 0.197. The molecule has 17 heavy (non-hydrogen) atoms. The topological polar surface area (TPSA) is 88.7 Å². The highest BCUT2D eigenvalue weighted by Crippen LogP contribution is 2.29. The van der Waals surface area contributed by atoms with E-state index < -0.39 is 17.9 Å². The van der Waals surface area contributed by atoms with Crippen LogP contribution in [-0.4, -0.2) is 48.6 Å². The van der Waals surface area contributed by atoms with Gasteiger partial charge in [0.05, 0.1) is 31.2 Å². The molecule has 0 saturated carbocycles. The fourth-order valence-electron chi connectivity index (χ4n) is 1.64. The van der Waals surface area contributed by atoms with Crippen LogP contribution in [0.25, 0.3) is 0 Å². The van der Waals surface area contributed by atoms with Gasteiger partial charge in [-0.05, 0) is 13.3 Å². The molecule has 4 unspecified atom stereocenters. The Hall–Kier alpha value is -1.14. The first kappa shape index (κ1) is 12.3. The Morgan fingerprint density at radius 1 is 1.53 bits per heavy atom. The zero-order valence-corrected chi connectivity index (χ0v) is 9.63. The normalized spacial score (nSPS) is 31.7. The number of ether oxygens (including phenoxy) is 3. The van der Waals surface area contributed by atoms with Gasteiger partial charge in [0.15, 0.2) is 0 Å². The van der Waals surface area contributed by atoms with E-state index in [1.54, 1.807) is 0 Å². The number of carbonyl (C=O) groups is 2. The van der Waals surface area contributed by atoms with E-state index in [0.29, 0.717) is 13.0 Å². The average molecular weight is 244 g/mol. The van der Waals surface area contributed by atoms with Gasteiger partial charge in [-0.1, -0.05) is 0 Å². The molecule has 6 heteroatoms. The molecule has 1 N–H and O–H groups in total. The van der Waals surface area contributed by atoms with Crippen LogP contribution < -0.4 is 0 Å². The number of esters is 1. The Kier molecular flexibility index (Phi) is 3.63. The third-order valence-corrected chi connectivity index (χ3v) is 2.95. The molecule has 96 valence electrons. The second kappa shape index (κ2) is 5.01. The Morgan fingerprint density at radius 2 is 2.18 bits per heavy atom. The average Bonchev–Trinajstić information content (AvgIpc) is 3.13. The number of hydrogen-bond acceptors (Lipinski definition) is 5. The van der Waals surface area contributed by atoms with Gasteiger partial charge in [0.1, 0.15) is 12.7 Å². The predicted molar refractivity (Wildman–Crippen MR) is 55.4 cm³/mol. The molecular formula is C11H16O6. The van der Waals surface area contributed by atoms with Crippen LogP contribution in [0.5, 0.6) is 0 Å². The summed E-state index contributed by atoms with van der Waals surface area (Å²) < 4.78 is 14.9. The number of hydrogen-bond donors (Lipinski definition) is 1. The monoisotopic (exact) mass is 244 g/mol. The van der Waals surface area contributed by atoms with Crippen molar-refractivity contribution in [3.8, 4) is 0 Å². The molecule has 0 aromatic heterocycles. The Balaban J connectivity index is 1.71. The molecule has 2 rings (SSSR count). The van der Waals surface area contributed by atoms with Crippen LogP contribution in [-0.2, 0) is 23.8 Å². The van der Waals surface area contributed by atoms with Crippen molar-refractivity contribution in [3.05, 3.63) is 0 Å². The van der Waals surface area contributed by atoms with E-state index in [1.807, 2.05) is 6.92 Å². The lowest BCUT2D eigenvalue weighted by atomic mass is 9.99. The molecule has 4 atom stereocenters. The summed E-state index contributed by atoms with van der Waals surface area (Å²) in [6, 6.07) is 0. The Labute approximate surface area is 98.8 Å². The van der Waals surface area contributed by atoms with Gasteiger partial charge in [0, 0.05) is 0 Å². The second-order valence-electron chi connectivity index (χ2n) is 4.49. The largest absolute Gasteiger partial charge is 0.481 e. The molecule has 2 aliphatic heterocycles. The third-order valence-electron chi connectivity index (χ3n) is 2.95. The summed E-state index contributed by atoms with van der Waals surface area (Å²) in [5.41, 5.74) is 0. The van der Waals surface area contributed by atoms with Crippen molar-refractivity contribution >= 4 is 11.9 Å². The van der Waals surface area contributed by atoms with Gasteiger partial charge in [-0.15, -0.1) is 0 Å². The van der Waals surface area contributed by atoms with Crippen molar-refractivity contribution in [2.45, 2.75) is 38.1 Å². The number of aliphatic carboxylic acids is 1. The van der Waals surface area contributed by atoms with E-state index >= 15 is 0 Å². The van der Waals surface area contributed by atoms with E-state index in [1.165, 1.54) is 0 Å². The molecule has 0 aromatic rings. The van der Waals surface area contributed by atoms with Crippen LogP contribution in [0.2, 0.25) is 0 Å². The minimum atomic E-state index is -0.979. The van der Waals surface area contributed by atoms with Crippen molar-refractivity contribution in [1.82, 2.24) is 0 Å². The number of carboxylic acids is 1. The summed E-state index contributed by atoms with van der Waals surface area (Å²) in [5, 5.41) is 8.99. The quantitative estimate of drug-likeness (QED) is 0.508. The maximum absolute atomic E-state index is 11.4. The van der Waals surface area contributed by atoms with E-state index in [2.05, 4.69) is 0 Å². The van der Waals surface area contributed by atoms with Gasteiger partial charge >= 0.3 is 11.9 Å². The molecule has 0 aliphatic carbocycles. The first-order chi connectivity index (χ1) is 8.06. The van der Waals surface area contributed by atoms with Crippen LogP contribution in [0.4, 0.5) is 0 Å². The van der Waals surface area contributed by atoms with Crippen LogP contribution >= 0.6 is 0 Å². The highest BCUT2D eigenvalue weighted by Gasteiger charge is 2.39. The number of rotatable bonds is 7. The fourth-order valence-corrected chi connectivity index (χ4v) is 1.64. The third kappa shape index (κ3) is 3.98. The molecule has 0 amide bonds. The fraction of sp³-hybridized carbons (Fsp3) is 0.818. The number of epoxide rings is 2. The van der Waals surface area contributed by atoms with Gasteiger partial charge in [-0.2, -0.15) is 0 Å². The summed E-state index contributed by atoms with van der Waals surface area (Å²) in [6.07, 6.45) is 0.345. The lowest BCUT2D eigenvalue weighted by molar-refractivity contribution is -0.152. The van der Waals surface area contributed by atoms with Crippen molar-refractivity contribution < 1.29 is 28.9 Å². The van der Waals surface area contributed by atoms with Crippen LogP contribution in [0.3, 0.4) is 0 Å². The van der Waals surface area contributed by atoms with Crippen LogP contribution in [0, 0.1) is 5.92 Å². The Morgan fingerprint density at radius 3 is 2.65 bits per heavy atom. The molecule has 0 spiro atoms. The zero-order valence-electron chi connectivity index (χ0n) is 9.63. The summed E-state index contributed by atoms with van der Waals surface area (Å²) in [7, 11) is 0. The molecule has 2 saturated heterocycles. The maximum Gasteiger partial charge on any atom is 0.307 e. The van der Waals surface area contributed by atoms with Gasteiger partial charge in [-0.25, -0.2) is 0 Å². The van der Waals surface area contributed by atoms with E-state index in [-0.39, 0.29) is 31.3 Å². The highest BCUT2D eigenvalue weighted by molar-refractivity contribution is 5.78. The van der Waals surface area contributed by atoms with Crippen molar-refractivity contribution in [2.24, 2.45) is 5.92 Å². The smallest absolute Gasteiger partial charge is 0.307 e. The van der Waals surface area contributed by atoms with Crippen LogP contribution in [0.15, 0.2) is 0 Å². The molecular weight excluding hydrogens is 228 g/mol. The van der Waals surface area contributed by atoms with Gasteiger partial charge in [0.2, 0.25) is 0 Å². The summed E-state index contributed by atoms with van der Waals surface area (Å²) in [5.74, 6) is -2.19. The van der Waals surface area contributed by atoms with Crippen molar-refractivity contribution in [1.29, 1.82) is 0 Å². The van der Waals surface area contributed by atoms with E-state index in [9.17, 15) is 9.59 Å². The van der Waals surface area contributed by atoms with E-state index in [4.69, 9.17) is 19.3 Å². The highest BCUT2D eigenvalue weighted by atomic mass is 16.6. The Bertz CT molecular complexity index is 311. The van der Waals surface area contributed by atoms with Gasteiger partial charge < -0.3 is 19.3 Å². The van der Waals surface area contributed by atoms with Crippen molar-refractivity contribution in [2.75, 3.05) is 13.2 Å². The molecule has 0 bridgehead atoms. The molecule has 0 radical (unpaired) electrons. The van der Waals surface area contributed by atoms with Gasteiger partial charge in [0.25, 0.3) is 0 Å². The molecule has 0 aromatic carbocycles. The first-order valence-electron chi connectivity index (χ1n) is 5.71.